The van der Waals surface area contributed by atoms with Gasteiger partial charge in [0, 0.05) is 0 Å². The van der Waals surface area contributed by atoms with Crippen molar-refractivity contribution in [3.63, 3.8) is 0 Å². The van der Waals surface area contributed by atoms with Crippen molar-refractivity contribution in [2.24, 2.45) is 0 Å². The zero-order valence-electron chi connectivity index (χ0n) is 11.3. The van der Waals surface area contributed by atoms with Crippen molar-refractivity contribution in [1.29, 1.82) is 0 Å². The Labute approximate surface area is 118 Å². The first-order valence-electron chi connectivity index (χ1n) is 5.29. The molecule has 0 bridgehead atoms. The molecular weight excluding hydrogens is 324 g/mol. The maximum absolute atomic E-state index is 13.0. The number of hydrogen-bond acceptors (Lipinski definition) is 5. The molecule has 0 radical (unpaired) electrons. The van der Waals surface area contributed by atoms with E-state index in [0.717, 1.165) is 0 Å². The van der Waals surface area contributed by atoms with Crippen molar-refractivity contribution in [2.75, 3.05) is 6.61 Å². The molecule has 0 unspecified atom stereocenters. The van der Waals surface area contributed by atoms with Crippen LogP contribution in [-0.4, -0.2) is 42.5 Å². The molecule has 6 nitrogen and oxygen atoms in total. The van der Waals surface area contributed by atoms with Crippen molar-refractivity contribution in [1.82, 2.24) is 0 Å². The van der Waals surface area contributed by atoms with E-state index in [1.54, 1.807) is 0 Å². The van der Waals surface area contributed by atoms with Crippen LogP contribution < -0.4 is 0 Å². The minimum Gasteiger partial charge on any atom is -0.457 e. The minimum absolute atomic E-state index is 0.740. The first-order chi connectivity index (χ1) is 9.01. The van der Waals surface area contributed by atoms with E-state index in [0.29, 0.717) is 0 Å². The van der Waals surface area contributed by atoms with Gasteiger partial charge >= 0.3 is 27.5 Å². The third kappa shape index (κ3) is 5.25. The summed E-state index contributed by atoms with van der Waals surface area (Å²) in [6.45, 7) is 5.95. The number of rotatable bonds is 6. The van der Waals surface area contributed by atoms with E-state index in [-0.39, 0.29) is 0 Å². The SMILES string of the molecule is C=C(COC(F)(F)C(F)(F)S(=O)(=O)O)C(=O)OC(C)(C)C. The Morgan fingerprint density at radius 3 is 1.95 bits per heavy atom. The van der Waals surface area contributed by atoms with E-state index in [2.05, 4.69) is 11.3 Å². The lowest BCUT2D eigenvalue weighted by atomic mass is 10.2. The van der Waals surface area contributed by atoms with Gasteiger partial charge in [0.05, 0.1) is 12.2 Å². The zero-order chi connectivity index (χ0) is 17.3. The van der Waals surface area contributed by atoms with Crippen molar-refractivity contribution in [3.8, 4) is 0 Å². The van der Waals surface area contributed by atoms with Crippen LogP contribution in [0.4, 0.5) is 17.6 Å². The van der Waals surface area contributed by atoms with Crippen LogP contribution in [0.1, 0.15) is 20.8 Å². The number of alkyl halides is 4. The Balaban J connectivity index is 4.87. The highest BCUT2D eigenvalue weighted by Gasteiger charge is 2.67. The highest BCUT2D eigenvalue weighted by Crippen LogP contribution is 2.39. The molecule has 0 aromatic rings. The fourth-order valence-corrected chi connectivity index (χ4v) is 1.18. The summed E-state index contributed by atoms with van der Waals surface area (Å²) in [4.78, 5) is 11.3. The van der Waals surface area contributed by atoms with Crippen LogP contribution >= 0.6 is 0 Å². The largest absolute Gasteiger partial charge is 0.459 e. The number of hydrogen-bond donors (Lipinski definition) is 1. The fourth-order valence-electron chi connectivity index (χ4n) is 0.821. The summed E-state index contributed by atoms with van der Waals surface area (Å²) in [5, 5.41) is -5.88. The summed E-state index contributed by atoms with van der Waals surface area (Å²) >= 11 is 0. The molecule has 0 spiro atoms. The molecule has 0 aliphatic carbocycles. The second kappa shape index (κ2) is 5.89. The van der Waals surface area contributed by atoms with E-state index < -0.39 is 45.2 Å². The Kier molecular flexibility index (Phi) is 5.55. The lowest BCUT2D eigenvalue weighted by molar-refractivity contribution is -0.314. The monoisotopic (exact) mass is 338 g/mol. The quantitative estimate of drug-likeness (QED) is 0.345. The average Bonchev–Trinajstić information content (AvgIpc) is 2.21. The van der Waals surface area contributed by atoms with Gasteiger partial charge in [-0.3, -0.25) is 4.55 Å². The van der Waals surface area contributed by atoms with Gasteiger partial charge in [-0.05, 0) is 20.8 Å². The van der Waals surface area contributed by atoms with E-state index >= 15 is 0 Å². The average molecular weight is 338 g/mol. The van der Waals surface area contributed by atoms with Gasteiger partial charge in [0.1, 0.15) is 5.60 Å². The van der Waals surface area contributed by atoms with Crippen LogP contribution in [0.3, 0.4) is 0 Å². The third-order valence-corrected chi connectivity index (χ3v) is 2.66. The third-order valence-electron chi connectivity index (χ3n) is 1.78. The number of esters is 1. The summed E-state index contributed by atoms with van der Waals surface area (Å²) < 4.78 is 88.0. The van der Waals surface area contributed by atoms with Gasteiger partial charge in [-0.1, -0.05) is 6.58 Å². The van der Waals surface area contributed by atoms with Gasteiger partial charge in [-0.25, -0.2) is 4.79 Å². The molecule has 0 atom stereocenters. The number of carbonyl (C=O) groups excluding carboxylic acids is 1. The molecule has 11 heteroatoms. The molecule has 0 aliphatic heterocycles. The van der Waals surface area contributed by atoms with Crippen LogP contribution in [0.2, 0.25) is 0 Å². The van der Waals surface area contributed by atoms with Crippen molar-refractivity contribution in [2.45, 2.75) is 37.7 Å². The zero-order valence-corrected chi connectivity index (χ0v) is 12.1. The van der Waals surface area contributed by atoms with Gasteiger partial charge in [0.2, 0.25) is 0 Å². The molecule has 0 heterocycles. The van der Waals surface area contributed by atoms with E-state index in [9.17, 15) is 30.8 Å². The van der Waals surface area contributed by atoms with Gasteiger partial charge in [-0.2, -0.15) is 26.0 Å². The maximum Gasteiger partial charge on any atom is 0.459 e. The predicted molar refractivity (Wildman–Crippen MR) is 62.4 cm³/mol. The van der Waals surface area contributed by atoms with Crippen molar-refractivity contribution >= 4 is 16.1 Å². The summed E-state index contributed by atoms with van der Waals surface area (Å²) in [5.74, 6) is -1.19. The topological polar surface area (TPSA) is 89.9 Å². The van der Waals surface area contributed by atoms with Gasteiger partial charge in [0.15, 0.2) is 0 Å². The van der Waals surface area contributed by atoms with Crippen LogP contribution in [0.25, 0.3) is 0 Å². The summed E-state index contributed by atoms with van der Waals surface area (Å²) in [6.07, 6.45) is -5.56. The fraction of sp³-hybridized carbons (Fsp3) is 0.700. The Morgan fingerprint density at radius 2 is 1.62 bits per heavy atom. The van der Waals surface area contributed by atoms with Crippen LogP contribution in [0, 0.1) is 0 Å². The highest BCUT2D eigenvalue weighted by molar-refractivity contribution is 7.86. The highest BCUT2D eigenvalue weighted by atomic mass is 32.2. The lowest BCUT2D eigenvalue weighted by Crippen LogP contribution is -2.49. The van der Waals surface area contributed by atoms with Crippen molar-refractivity contribution < 1.29 is 44.8 Å². The Bertz CT molecular complexity index is 520. The first-order valence-corrected chi connectivity index (χ1v) is 6.73. The normalized spacial score (nSPS) is 13.9. The molecule has 0 saturated heterocycles. The van der Waals surface area contributed by atoms with Gasteiger partial charge in [-0.15, -0.1) is 0 Å². The maximum atomic E-state index is 13.0. The molecule has 0 aromatic carbocycles. The standard InChI is InChI=1S/C10H14F4O6S/c1-6(7(15)20-8(2,3)4)5-19-9(11,12)10(13,14)21(16,17)18/h1,5H2,2-4H3,(H,16,17,18). The predicted octanol–water partition coefficient (Wildman–Crippen LogP) is 1.97. The summed E-state index contributed by atoms with van der Waals surface area (Å²) in [7, 11) is -6.41. The lowest BCUT2D eigenvalue weighted by Gasteiger charge is -2.24. The van der Waals surface area contributed by atoms with E-state index in [4.69, 9.17) is 9.29 Å². The van der Waals surface area contributed by atoms with Gasteiger partial charge < -0.3 is 9.47 Å². The molecule has 21 heavy (non-hydrogen) atoms. The first kappa shape index (κ1) is 19.8. The summed E-state index contributed by atoms with van der Waals surface area (Å²) in [5.41, 5.74) is -1.73. The molecule has 0 rings (SSSR count). The minimum atomic E-state index is -6.41. The Hall–Kier alpha value is -1.20. The van der Waals surface area contributed by atoms with Crippen LogP contribution in [0.5, 0.6) is 0 Å². The smallest absolute Gasteiger partial charge is 0.457 e. The van der Waals surface area contributed by atoms with Gasteiger partial charge in [0.25, 0.3) is 0 Å². The molecule has 0 aromatic heterocycles. The number of carbonyl (C=O) groups is 1. The number of ether oxygens (including phenoxy) is 2. The molecule has 1 N–H and O–H groups in total. The molecule has 0 aliphatic rings. The van der Waals surface area contributed by atoms with E-state index in [1.807, 2.05) is 0 Å². The second-order valence-corrected chi connectivity index (χ2v) is 6.37. The Morgan fingerprint density at radius 1 is 1.19 bits per heavy atom. The molecule has 0 saturated carbocycles. The summed E-state index contributed by atoms with van der Waals surface area (Å²) in [6, 6.07) is 0. The van der Waals surface area contributed by atoms with E-state index in [1.165, 1.54) is 20.8 Å². The number of halogens is 4. The van der Waals surface area contributed by atoms with Crippen molar-refractivity contribution in [3.05, 3.63) is 12.2 Å². The van der Waals surface area contributed by atoms with Crippen LogP contribution in [-0.2, 0) is 24.4 Å². The molecule has 0 fully saturated rings. The second-order valence-electron chi connectivity index (χ2n) is 4.90. The molecular formula is C10H14F4O6S. The van der Waals surface area contributed by atoms with Crippen LogP contribution in [0.15, 0.2) is 12.2 Å². The molecule has 124 valence electrons. The molecule has 0 amide bonds.